The van der Waals surface area contributed by atoms with Crippen LogP contribution in [0, 0.1) is 0 Å². The number of hydrogen-bond acceptors (Lipinski definition) is 4. The maximum Gasteiger partial charge on any atom is 0.319 e. The van der Waals surface area contributed by atoms with E-state index in [2.05, 4.69) is 15.4 Å². The van der Waals surface area contributed by atoms with E-state index in [4.69, 9.17) is 0 Å². The molecule has 0 aliphatic heterocycles. The predicted molar refractivity (Wildman–Crippen MR) is 79.3 cm³/mol. The molecular weight excluding hydrogens is 272 g/mol. The van der Waals surface area contributed by atoms with Crippen LogP contribution in [0.25, 0.3) is 0 Å². The molecule has 0 aliphatic rings. The number of carbonyl (C=O) groups is 3. The van der Waals surface area contributed by atoms with E-state index >= 15 is 0 Å². The molecule has 0 spiro atoms. The highest BCUT2D eigenvalue weighted by molar-refractivity contribution is 5.96. The number of rotatable bonds is 5. The van der Waals surface area contributed by atoms with Crippen molar-refractivity contribution >= 4 is 23.5 Å². The smallest absolute Gasteiger partial charge is 0.319 e. The molecule has 0 radical (unpaired) electrons. The third-order valence-corrected chi connectivity index (χ3v) is 2.79. The van der Waals surface area contributed by atoms with E-state index in [1.54, 1.807) is 38.1 Å². The second-order valence-corrected chi connectivity index (χ2v) is 5.35. The van der Waals surface area contributed by atoms with E-state index in [0.29, 0.717) is 11.3 Å². The van der Waals surface area contributed by atoms with Crippen molar-refractivity contribution in [2.75, 3.05) is 12.4 Å². The van der Waals surface area contributed by atoms with Crippen molar-refractivity contribution in [3.63, 3.8) is 0 Å². The van der Waals surface area contributed by atoms with Crippen molar-refractivity contribution in [2.45, 2.75) is 32.7 Å². The Morgan fingerprint density at radius 1 is 1.24 bits per heavy atom. The number of ether oxygens (including phenoxy) is 1. The lowest BCUT2D eigenvalue weighted by atomic mass is 10.0. The minimum absolute atomic E-state index is 0.0599. The number of nitrogens with one attached hydrogen (secondary N) is 2. The second-order valence-electron chi connectivity index (χ2n) is 5.35. The maximum absolute atomic E-state index is 11.9. The average molecular weight is 292 g/mol. The third-order valence-electron chi connectivity index (χ3n) is 2.79. The molecule has 1 rings (SSSR count). The second kappa shape index (κ2) is 6.88. The van der Waals surface area contributed by atoms with Crippen LogP contribution >= 0.6 is 0 Å². The summed E-state index contributed by atoms with van der Waals surface area (Å²) in [7, 11) is 1.30. The number of ketones is 1. The normalized spacial score (nSPS) is 10.7. The van der Waals surface area contributed by atoms with Gasteiger partial charge in [-0.05, 0) is 32.9 Å². The molecule has 2 amide bonds. The van der Waals surface area contributed by atoms with Crippen LogP contribution < -0.4 is 10.6 Å². The quantitative estimate of drug-likeness (QED) is 0.644. The maximum atomic E-state index is 11.9. The lowest BCUT2D eigenvalue weighted by molar-refractivity contribution is -0.141. The van der Waals surface area contributed by atoms with Gasteiger partial charge in [0, 0.05) is 16.8 Å². The Labute approximate surface area is 123 Å². The molecule has 114 valence electrons. The molecule has 0 saturated carbocycles. The molecule has 2 N–H and O–H groups in total. The van der Waals surface area contributed by atoms with Crippen molar-refractivity contribution in [2.24, 2.45) is 0 Å². The van der Waals surface area contributed by atoms with Gasteiger partial charge in [-0.2, -0.15) is 0 Å². The first-order chi connectivity index (χ1) is 9.73. The minimum Gasteiger partial charge on any atom is -0.469 e. The molecule has 0 aromatic heterocycles. The zero-order valence-corrected chi connectivity index (χ0v) is 12.6. The van der Waals surface area contributed by atoms with Gasteiger partial charge in [-0.3, -0.25) is 9.59 Å². The largest absolute Gasteiger partial charge is 0.469 e. The van der Waals surface area contributed by atoms with Crippen LogP contribution in [0.3, 0.4) is 0 Å². The van der Waals surface area contributed by atoms with Crippen LogP contribution in [0.2, 0.25) is 0 Å². The summed E-state index contributed by atoms with van der Waals surface area (Å²) in [5.74, 6) is -0.482. The van der Waals surface area contributed by atoms with Gasteiger partial charge in [0.25, 0.3) is 0 Å². The van der Waals surface area contributed by atoms with Crippen LogP contribution in [0.1, 0.15) is 37.6 Å². The SMILES string of the molecule is COC(=O)CC(C)(C)NC(=O)Nc1cccc(C(C)=O)c1. The van der Waals surface area contributed by atoms with E-state index in [0.717, 1.165) is 0 Å². The number of amides is 2. The topological polar surface area (TPSA) is 84.5 Å². The molecule has 0 aliphatic carbocycles. The number of benzene rings is 1. The summed E-state index contributed by atoms with van der Waals surface area (Å²) >= 11 is 0. The standard InChI is InChI=1S/C15H20N2O4/c1-10(18)11-6-5-7-12(8-11)16-14(20)17-15(2,3)9-13(19)21-4/h5-8H,9H2,1-4H3,(H2,16,17,20). The van der Waals surface area contributed by atoms with Gasteiger partial charge in [-0.15, -0.1) is 0 Å². The predicted octanol–water partition coefficient (Wildman–Crippen LogP) is 2.35. The van der Waals surface area contributed by atoms with Crippen LogP contribution in [-0.2, 0) is 9.53 Å². The number of anilines is 1. The van der Waals surface area contributed by atoms with Crippen LogP contribution in [0.15, 0.2) is 24.3 Å². The molecule has 6 nitrogen and oxygen atoms in total. The Bertz CT molecular complexity index is 552. The molecule has 0 atom stereocenters. The van der Waals surface area contributed by atoms with Crippen molar-refractivity contribution < 1.29 is 19.1 Å². The number of methoxy groups -OCH3 is 1. The molecule has 0 heterocycles. The van der Waals surface area contributed by atoms with E-state index in [1.807, 2.05) is 0 Å². The first kappa shape index (κ1) is 16.7. The van der Waals surface area contributed by atoms with Crippen molar-refractivity contribution in [3.8, 4) is 0 Å². The van der Waals surface area contributed by atoms with Crippen molar-refractivity contribution in [3.05, 3.63) is 29.8 Å². The minimum atomic E-state index is -0.741. The Morgan fingerprint density at radius 3 is 2.48 bits per heavy atom. The molecule has 1 aromatic carbocycles. The summed E-state index contributed by atoms with van der Waals surface area (Å²) in [6.45, 7) is 4.89. The summed E-state index contributed by atoms with van der Waals surface area (Å²) in [6.07, 6.45) is 0.0599. The van der Waals surface area contributed by atoms with Crippen LogP contribution in [-0.4, -0.2) is 30.4 Å². The molecule has 1 aromatic rings. The van der Waals surface area contributed by atoms with Crippen molar-refractivity contribution in [1.29, 1.82) is 0 Å². The van der Waals surface area contributed by atoms with Gasteiger partial charge >= 0.3 is 12.0 Å². The van der Waals surface area contributed by atoms with Crippen molar-refractivity contribution in [1.82, 2.24) is 5.32 Å². The molecule has 0 bridgehead atoms. The number of urea groups is 1. The van der Waals surface area contributed by atoms with Gasteiger partial charge in [-0.1, -0.05) is 12.1 Å². The Hall–Kier alpha value is -2.37. The van der Waals surface area contributed by atoms with E-state index in [9.17, 15) is 14.4 Å². The lowest BCUT2D eigenvalue weighted by Gasteiger charge is -2.25. The van der Waals surface area contributed by atoms with E-state index in [-0.39, 0.29) is 12.2 Å². The molecule has 0 unspecified atom stereocenters. The Balaban J connectivity index is 2.67. The van der Waals surface area contributed by atoms with Gasteiger partial charge in [0.2, 0.25) is 0 Å². The summed E-state index contributed by atoms with van der Waals surface area (Å²) in [5, 5.41) is 5.31. The Morgan fingerprint density at radius 2 is 1.90 bits per heavy atom. The highest BCUT2D eigenvalue weighted by atomic mass is 16.5. The van der Waals surface area contributed by atoms with Crippen LogP contribution in [0.5, 0.6) is 0 Å². The fourth-order valence-corrected chi connectivity index (χ4v) is 1.76. The highest BCUT2D eigenvalue weighted by Gasteiger charge is 2.24. The number of esters is 1. The number of Topliss-reactive ketones (excluding diaryl/α,β-unsaturated/α-hetero) is 1. The zero-order valence-electron chi connectivity index (χ0n) is 12.6. The molecular formula is C15H20N2O4. The summed E-state index contributed by atoms with van der Waals surface area (Å²) in [4.78, 5) is 34.5. The molecule has 21 heavy (non-hydrogen) atoms. The van der Waals surface area contributed by atoms with E-state index < -0.39 is 17.5 Å². The van der Waals surface area contributed by atoms with Gasteiger partial charge < -0.3 is 15.4 Å². The first-order valence-electron chi connectivity index (χ1n) is 6.50. The van der Waals surface area contributed by atoms with Gasteiger partial charge in [0.05, 0.1) is 13.5 Å². The highest BCUT2D eigenvalue weighted by Crippen LogP contribution is 2.13. The first-order valence-corrected chi connectivity index (χ1v) is 6.50. The third kappa shape index (κ3) is 5.64. The monoisotopic (exact) mass is 292 g/mol. The molecule has 0 saturated heterocycles. The summed E-state index contributed by atoms with van der Waals surface area (Å²) in [6, 6.07) is 6.18. The summed E-state index contributed by atoms with van der Waals surface area (Å²) in [5.41, 5.74) is 0.283. The zero-order chi connectivity index (χ0) is 16.0. The van der Waals surface area contributed by atoms with Gasteiger partial charge in [-0.25, -0.2) is 4.79 Å². The Kier molecular flexibility index (Phi) is 5.46. The number of carbonyl (C=O) groups excluding carboxylic acids is 3. The number of hydrogen-bond donors (Lipinski definition) is 2. The molecule has 0 fully saturated rings. The summed E-state index contributed by atoms with van der Waals surface area (Å²) < 4.78 is 4.58. The fourth-order valence-electron chi connectivity index (χ4n) is 1.76. The lowest BCUT2D eigenvalue weighted by Crippen LogP contribution is -2.47. The van der Waals surface area contributed by atoms with Crippen LogP contribution in [0.4, 0.5) is 10.5 Å². The van der Waals surface area contributed by atoms with Gasteiger partial charge in [0.15, 0.2) is 5.78 Å². The van der Waals surface area contributed by atoms with E-state index in [1.165, 1.54) is 14.0 Å². The van der Waals surface area contributed by atoms with Gasteiger partial charge in [0.1, 0.15) is 0 Å². The fraction of sp³-hybridized carbons (Fsp3) is 0.400. The average Bonchev–Trinajstić information content (AvgIpc) is 2.37. The molecule has 6 heteroatoms.